The van der Waals surface area contributed by atoms with Gasteiger partial charge < -0.3 is 15.5 Å². The van der Waals surface area contributed by atoms with Gasteiger partial charge in [0.25, 0.3) is 0 Å². The van der Waals surface area contributed by atoms with Gasteiger partial charge in [-0.15, -0.1) is 0 Å². The Morgan fingerprint density at radius 2 is 1.92 bits per heavy atom. The zero-order valence-electron chi connectivity index (χ0n) is 16.2. The van der Waals surface area contributed by atoms with Gasteiger partial charge in [0.1, 0.15) is 11.9 Å². The molecule has 0 aliphatic carbocycles. The summed E-state index contributed by atoms with van der Waals surface area (Å²) in [6.07, 6.45) is 8.02. The summed E-state index contributed by atoms with van der Waals surface area (Å²) < 4.78 is 0. The van der Waals surface area contributed by atoms with Crippen molar-refractivity contribution < 1.29 is 19.8 Å². The standard InChI is InChI=1S/C20H33NO4S/c1-5-16(9-6-7-14-26-4)10-8-11-17(23)12-13-21-19(25)18(24)20(2,3)15-22/h6-7,9,14,18,22,24H,4-5,8,10-13,15H2,1-3H3,(H,21,25)/b7-6-,16-9+/t18-/m0/s1. The van der Waals surface area contributed by atoms with Gasteiger partial charge in [0.05, 0.1) is 6.61 Å². The lowest BCUT2D eigenvalue weighted by atomic mass is 9.87. The first kappa shape index (κ1) is 24.5. The summed E-state index contributed by atoms with van der Waals surface area (Å²) in [6.45, 7) is 5.21. The number of ketones is 1. The van der Waals surface area contributed by atoms with Gasteiger partial charge in [0.15, 0.2) is 0 Å². The van der Waals surface area contributed by atoms with E-state index in [0.717, 1.165) is 19.3 Å². The highest BCUT2D eigenvalue weighted by Crippen LogP contribution is 2.19. The lowest BCUT2D eigenvalue weighted by molar-refractivity contribution is -0.137. The minimum atomic E-state index is -1.30. The molecular formula is C20H33NO4S. The second kappa shape index (κ2) is 13.7. The number of hydrogen-bond donors (Lipinski definition) is 3. The van der Waals surface area contributed by atoms with Crippen LogP contribution in [0, 0.1) is 5.41 Å². The Bertz CT molecular complexity index is 560. The molecule has 0 saturated heterocycles. The van der Waals surface area contributed by atoms with E-state index < -0.39 is 17.4 Å². The van der Waals surface area contributed by atoms with Gasteiger partial charge in [-0.2, -0.15) is 10.9 Å². The smallest absolute Gasteiger partial charge is 0.249 e. The minimum Gasteiger partial charge on any atom is -0.396 e. The van der Waals surface area contributed by atoms with Crippen molar-refractivity contribution in [2.75, 3.05) is 13.2 Å². The molecule has 0 spiro atoms. The average molecular weight is 384 g/mol. The van der Waals surface area contributed by atoms with Crippen LogP contribution >= 0.6 is 10.9 Å². The van der Waals surface area contributed by atoms with E-state index >= 15 is 0 Å². The van der Waals surface area contributed by atoms with E-state index in [1.165, 1.54) is 16.5 Å². The zero-order chi connectivity index (χ0) is 20.0. The third-order valence-corrected chi connectivity index (χ3v) is 4.47. The number of hydrogen-bond acceptors (Lipinski definition) is 4. The lowest BCUT2D eigenvalue weighted by Crippen LogP contribution is -2.45. The molecule has 0 aliphatic heterocycles. The topological polar surface area (TPSA) is 86.6 Å². The Morgan fingerprint density at radius 1 is 1.23 bits per heavy atom. The van der Waals surface area contributed by atoms with E-state index in [1.54, 1.807) is 13.8 Å². The van der Waals surface area contributed by atoms with Crippen molar-refractivity contribution >= 4 is 33.9 Å². The molecular weight excluding hydrogens is 350 g/mol. The van der Waals surface area contributed by atoms with Crippen molar-refractivity contribution in [3.05, 3.63) is 23.8 Å². The van der Waals surface area contributed by atoms with Crippen LogP contribution in [0.3, 0.4) is 0 Å². The van der Waals surface area contributed by atoms with Gasteiger partial charge in [-0.1, -0.05) is 44.6 Å². The number of amides is 1. The maximum atomic E-state index is 11.9. The molecule has 0 aromatic rings. The zero-order valence-corrected chi connectivity index (χ0v) is 17.0. The number of aliphatic hydroxyl groups excluding tert-OH is 2. The van der Waals surface area contributed by atoms with Gasteiger partial charge in [0.2, 0.25) is 5.91 Å². The first-order valence-corrected chi connectivity index (χ1v) is 10.0. The normalized spacial score (nSPS) is 13.5. The summed E-state index contributed by atoms with van der Waals surface area (Å²) in [5.41, 5.74) is 0.384. The number of carbonyl (C=O) groups is 2. The summed E-state index contributed by atoms with van der Waals surface area (Å²) in [5, 5.41) is 23.5. The van der Waals surface area contributed by atoms with Crippen molar-refractivity contribution in [1.82, 2.24) is 5.32 Å². The molecule has 0 aliphatic rings. The number of nitrogens with one attached hydrogen (secondary N) is 1. The van der Waals surface area contributed by atoms with Crippen molar-refractivity contribution in [2.45, 2.75) is 59.0 Å². The Balaban J connectivity index is 4.13. The first-order chi connectivity index (χ1) is 12.3. The fourth-order valence-electron chi connectivity index (χ4n) is 2.17. The number of rotatable bonds is 13. The molecule has 3 N–H and O–H groups in total. The summed E-state index contributed by atoms with van der Waals surface area (Å²) in [7, 11) is 1.40. The van der Waals surface area contributed by atoms with Crippen LogP contribution in [0.25, 0.3) is 0 Å². The van der Waals surface area contributed by atoms with Crippen molar-refractivity contribution in [3.8, 4) is 0 Å². The van der Waals surface area contributed by atoms with Crippen LogP contribution in [0.1, 0.15) is 52.9 Å². The quantitative estimate of drug-likeness (QED) is 0.259. The van der Waals surface area contributed by atoms with E-state index in [2.05, 4.69) is 24.2 Å². The fraction of sp³-hybridized carbons (Fsp3) is 0.600. The molecule has 0 bridgehead atoms. The molecule has 26 heavy (non-hydrogen) atoms. The van der Waals surface area contributed by atoms with E-state index in [-0.39, 0.29) is 25.4 Å². The molecule has 0 heterocycles. The maximum absolute atomic E-state index is 11.9. The Morgan fingerprint density at radius 3 is 2.50 bits per heavy atom. The number of Topliss-reactive ketones (excluding diaryl/α,β-unsaturated/α-hetero) is 1. The summed E-state index contributed by atoms with van der Waals surface area (Å²) in [6, 6.07) is 0. The number of carbonyl (C=O) groups excluding carboxylic acids is 2. The van der Waals surface area contributed by atoms with Crippen LogP contribution in [-0.2, 0) is 9.59 Å². The van der Waals surface area contributed by atoms with Gasteiger partial charge >= 0.3 is 0 Å². The van der Waals surface area contributed by atoms with Crippen LogP contribution in [0.2, 0.25) is 0 Å². The van der Waals surface area contributed by atoms with Crippen LogP contribution < -0.4 is 5.32 Å². The van der Waals surface area contributed by atoms with Crippen molar-refractivity contribution in [1.29, 1.82) is 0 Å². The van der Waals surface area contributed by atoms with E-state index in [1.807, 2.05) is 17.5 Å². The molecule has 6 heteroatoms. The highest BCUT2D eigenvalue weighted by Gasteiger charge is 2.32. The highest BCUT2D eigenvalue weighted by molar-refractivity contribution is 7.95. The van der Waals surface area contributed by atoms with Gasteiger partial charge in [-0.05, 0) is 30.5 Å². The molecule has 0 saturated carbocycles. The number of allylic oxidation sites excluding steroid dienone is 4. The molecule has 0 aromatic heterocycles. The third-order valence-electron chi connectivity index (χ3n) is 4.12. The monoisotopic (exact) mass is 383 g/mol. The van der Waals surface area contributed by atoms with Crippen LogP contribution in [0.5, 0.6) is 0 Å². The highest BCUT2D eigenvalue weighted by atomic mass is 32.1. The molecule has 0 radical (unpaired) electrons. The second-order valence-corrected chi connectivity index (χ2v) is 7.45. The molecule has 1 atom stereocenters. The Hall–Kier alpha value is -1.50. The molecule has 0 fully saturated rings. The predicted molar refractivity (Wildman–Crippen MR) is 112 cm³/mol. The fourth-order valence-corrected chi connectivity index (χ4v) is 2.37. The largest absolute Gasteiger partial charge is 0.396 e. The average Bonchev–Trinajstić information content (AvgIpc) is 2.62. The van der Waals surface area contributed by atoms with Gasteiger partial charge in [0, 0.05) is 24.8 Å². The predicted octanol–water partition coefficient (Wildman–Crippen LogP) is 2.47. The van der Waals surface area contributed by atoms with Crippen molar-refractivity contribution in [2.24, 2.45) is 5.41 Å². The second-order valence-electron chi connectivity index (χ2n) is 6.85. The summed E-state index contributed by atoms with van der Waals surface area (Å²) in [4.78, 5) is 23.7. The summed E-state index contributed by atoms with van der Waals surface area (Å²) in [5.74, 6) is 3.19. The van der Waals surface area contributed by atoms with Crippen LogP contribution in [-0.4, -0.2) is 52.4 Å². The van der Waals surface area contributed by atoms with Crippen molar-refractivity contribution in [3.63, 3.8) is 0 Å². The molecule has 0 unspecified atom stereocenters. The molecule has 0 aromatic carbocycles. The molecule has 0 rings (SSSR count). The van der Waals surface area contributed by atoms with Gasteiger partial charge in [-0.25, -0.2) is 0 Å². The van der Waals surface area contributed by atoms with Gasteiger partial charge in [-0.3, -0.25) is 9.59 Å². The third kappa shape index (κ3) is 10.5. The van der Waals surface area contributed by atoms with Crippen LogP contribution in [0.15, 0.2) is 23.8 Å². The Kier molecular flexibility index (Phi) is 12.9. The lowest BCUT2D eigenvalue weighted by Gasteiger charge is -2.27. The summed E-state index contributed by atoms with van der Waals surface area (Å²) >= 11 is 0. The SMILES string of the molecule is C=S=C/C=C\C=C(/CC)CCCC(=O)CCNC(=O)[C@H](O)C(C)(C)CO. The van der Waals surface area contributed by atoms with E-state index in [4.69, 9.17) is 5.11 Å². The molecule has 5 nitrogen and oxygen atoms in total. The Labute approximate surface area is 160 Å². The van der Waals surface area contributed by atoms with Crippen LogP contribution in [0.4, 0.5) is 0 Å². The minimum absolute atomic E-state index is 0.0917. The maximum Gasteiger partial charge on any atom is 0.249 e. The first-order valence-electron chi connectivity index (χ1n) is 8.95. The van der Waals surface area contributed by atoms with E-state index in [0.29, 0.717) is 6.42 Å². The molecule has 148 valence electrons. The molecule has 1 amide bonds. The van der Waals surface area contributed by atoms with E-state index in [9.17, 15) is 14.7 Å². The number of aliphatic hydroxyl groups is 2.